The molecular weight excluding hydrogens is 294 g/mol. The van der Waals surface area contributed by atoms with E-state index in [1.165, 1.54) is 0 Å². The Bertz CT molecular complexity index is 409. The Morgan fingerprint density at radius 3 is 2.85 bits per heavy atom. The molecule has 0 saturated carbocycles. The summed E-state index contributed by atoms with van der Waals surface area (Å²) in [6, 6.07) is 0.205. The number of carbonyl (C=O) groups excluding carboxylic acids is 1. The van der Waals surface area contributed by atoms with Crippen LogP contribution in [0.15, 0.2) is 5.38 Å². The number of aromatic nitrogens is 1. The average molecular weight is 318 g/mol. The van der Waals surface area contributed by atoms with Gasteiger partial charge in [-0.1, -0.05) is 0 Å². The Hall–Kier alpha value is -0.650. The lowest BCUT2D eigenvalue weighted by Gasteiger charge is -2.17. The molecule has 0 saturated heterocycles. The van der Waals surface area contributed by atoms with Crippen LogP contribution in [0.1, 0.15) is 37.4 Å². The summed E-state index contributed by atoms with van der Waals surface area (Å²) in [7, 11) is 1.98. The molecule has 0 fully saturated rings. The lowest BCUT2D eigenvalue weighted by atomic mass is 10.2. The van der Waals surface area contributed by atoms with Gasteiger partial charge in [-0.05, 0) is 46.7 Å². The van der Waals surface area contributed by atoms with Gasteiger partial charge < -0.3 is 5.32 Å². The smallest absolute Gasteiger partial charge is 0.234 e. The van der Waals surface area contributed by atoms with Crippen LogP contribution in [0.5, 0.6) is 0 Å². The van der Waals surface area contributed by atoms with Crippen LogP contribution < -0.4 is 5.32 Å². The van der Waals surface area contributed by atoms with E-state index in [0.717, 1.165) is 36.5 Å². The summed E-state index contributed by atoms with van der Waals surface area (Å²) >= 11 is 7.40. The van der Waals surface area contributed by atoms with E-state index in [-0.39, 0.29) is 11.9 Å². The Labute approximate surface area is 130 Å². The number of nitrogens with one attached hydrogen (secondary N) is 1. The van der Waals surface area contributed by atoms with Crippen LogP contribution in [0.25, 0.3) is 0 Å². The number of hydrogen-bond donors (Lipinski definition) is 1. The highest BCUT2D eigenvalue weighted by Crippen LogP contribution is 2.14. The maximum absolute atomic E-state index is 11.6. The van der Waals surface area contributed by atoms with Crippen molar-refractivity contribution in [1.29, 1.82) is 0 Å². The highest BCUT2D eigenvalue weighted by atomic mass is 35.5. The van der Waals surface area contributed by atoms with E-state index in [1.54, 1.807) is 11.3 Å². The van der Waals surface area contributed by atoms with Crippen molar-refractivity contribution in [3.63, 3.8) is 0 Å². The summed E-state index contributed by atoms with van der Waals surface area (Å²) < 4.78 is 0. The lowest BCUT2D eigenvalue weighted by molar-refractivity contribution is -0.122. The molecule has 4 nitrogen and oxygen atoms in total. The fourth-order valence-electron chi connectivity index (χ4n) is 1.87. The average Bonchev–Trinajstić information content (AvgIpc) is 2.81. The first kappa shape index (κ1) is 17.4. The molecule has 6 heteroatoms. The van der Waals surface area contributed by atoms with Crippen LogP contribution in [0, 0.1) is 0 Å². The van der Waals surface area contributed by atoms with E-state index in [0.29, 0.717) is 12.4 Å². The molecule has 0 aromatic carbocycles. The third-order valence-corrected chi connectivity index (χ3v) is 4.01. The fraction of sp³-hybridized carbons (Fsp3) is 0.714. The van der Waals surface area contributed by atoms with E-state index >= 15 is 0 Å². The van der Waals surface area contributed by atoms with Crippen molar-refractivity contribution >= 4 is 28.8 Å². The molecule has 114 valence electrons. The van der Waals surface area contributed by atoms with Gasteiger partial charge >= 0.3 is 0 Å². The van der Waals surface area contributed by atoms with Crippen molar-refractivity contribution in [1.82, 2.24) is 15.2 Å². The quantitative estimate of drug-likeness (QED) is 0.562. The molecule has 0 aliphatic rings. The van der Waals surface area contributed by atoms with Gasteiger partial charge in [-0.25, -0.2) is 4.98 Å². The molecule has 0 radical (unpaired) electrons. The number of halogens is 1. The Morgan fingerprint density at radius 2 is 2.25 bits per heavy atom. The predicted octanol–water partition coefficient (Wildman–Crippen LogP) is 2.66. The number of alkyl halides is 1. The second-order valence-corrected chi connectivity index (χ2v) is 6.49. The zero-order chi connectivity index (χ0) is 15.0. The van der Waals surface area contributed by atoms with E-state index in [9.17, 15) is 4.79 Å². The number of amides is 1. The molecule has 0 aliphatic heterocycles. The number of thiazole rings is 1. The van der Waals surface area contributed by atoms with Crippen molar-refractivity contribution in [2.75, 3.05) is 20.1 Å². The first-order valence-corrected chi connectivity index (χ1v) is 8.39. The van der Waals surface area contributed by atoms with Gasteiger partial charge in [0.2, 0.25) is 5.91 Å². The zero-order valence-electron chi connectivity index (χ0n) is 12.5. The molecule has 0 bridgehead atoms. The minimum Gasteiger partial charge on any atom is -0.353 e. The second-order valence-electron chi connectivity index (χ2n) is 5.28. The van der Waals surface area contributed by atoms with Crippen molar-refractivity contribution in [2.24, 2.45) is 0 Å². The van der Waals surface area contributed by atoms with Crippen LogP contribution in [0.2, 0.25) is 0 Å². The first-order chi connectivity index (χ1) is 9.51. The van der Waals surface area contributed by atoms with E-state index < -0.39 is 0 Å². The predicted molar refractivity (Wildman–Crippen MR) is 85.4 cm³/mol. The molecule has 1 amide bonds. The zero-order valence-corrected chi connectivity index (χ0v) is 14.1. The topological polar surface area (TPSA) is 45.2 Å². The monoisotopic (exact) mass is 317 g/mol. The maximum atomic E-state index is 11.6. The third kappa shape index (κ3) is 7.22. The van der Waals surface area contributed by atoms with E-state index in [2.05, 4.69) is 15.2 Å². The number of hydrogen-bond acceptors (Lipinski definition) is 4. The van der Waals surface area contributed by atoms with Crippen LogP contribution in [0.3, 0.4) is 0 Å². The number of unbranched alkanes of at least 4 members (excludes halogenated alkanes) is 1. The van der Waals surface area contributed by atoms with Gasteiger partial charge in [0, 0.05) is 11.4 Å². The van der Waals surface area contributed by atoms with Crippen LogP contribution in [-0.4, -0.2) is 42.0 Å². The largest absolute Gasteiger partial charge is 0.353 e. The molecular formula is C14H24ClN3OS. The van der Waals surface area contributed by atoms with Gasteiger partial charge in [0.25, 0.3) is 0 Å². The molecule has 0 atom stereocenters. The molecule has 0 aliphatic carbocycles. The Kier molecular flexibility index (Phi) is 8.11. The molecule has 1 rings (SSSR count). The number of aryl methyl sites for hydroxylation is 1. The number of likely N-dealkylation sites (N-methyl/N-ethyl adjacent to an activating group) is 1. The van der Waals surface area contributed by atoms with Gasteiger partial charge in [-0.3, -0.25) is 9.69 Å². The van der Waals surface area contributed by atoms with Crippen molar-refractivity contribution in [3.8, 4) is 0 Å². The molecule has 1 aromatic rings. The summed E-state index contributed by atoms with van der Waals surface area (Å²) in [6.07, 6.45) is 3.15. The summed E-state index contributed by atoms with van der Waals surface area (Å²) in [6.45, 7) is 5.34. The van der Waals surface area contributed by atoms with Gasteiger partial charge in [0.05, 0.1) is 23.1 Å². The summed E-state index contributed by atoms with van der Waals surface area (Å²) in [5.74, 6) is 0.582. The standard InChI is InChI=1S/C14H24ClN3OS/c1-11(2)16-13(19)9-18(3)7-5-4-6-14-17-12(8-15)10-20-14/h10-11H,4-9H2,1-3H3,(H,16,19). The maximum Gasteiger partial charge on any atom is 0.234 e. The van der Waals surface area contributed by atoms with Crippen LogP contribution in [-0.2, 0) is 17.1 Å². The lowest BCUT2D eigenvalue weighted by Crippen LogP contribution is -2.38. The molecule has 20 heavy (non-hydrogen) atoms. The molecule has 0 unspecified atom stereocenters. The Morgan fingerprint density at radius 1 is 1.50 bits per heavy atom. The van der Waals surface area contributed by atoms with E-state index in [4.69, 9.17) is 11.6 Å². The van der Waals surface area contributed by atoms with E-state index in [1.807, 2.05) is 26.3 Å². The van der Waals surface area contributed by atoms with Gasteiger partial charge in [-0.2, -0.15) is 0 Å². The summed E-state index contributed by atoms with van der Waals surface area (Å²) in [4.78, 5) is 18.1. The molecule has 1 heterocycles. The summed E-state index contributed by atoms with van der Waals surface area (Å²) in [5.41, 5.74) is 0.967. The van der Waals surface area contributed by atoms with Gasteiger partial charge in [0.1, 0.15) is 0 Å². The number of carbonyl (C=O) groups is 1. The fourth-order valence-corrected chi connectivity index (χ4v) is 2.94. The minimum atomic E-state index is 0.0918. The van der Waals surface area contributed by atoms with Crippen molar-refractivity contribution in [2.45, 2.75) is 45.0 Å². The van der Waals surface area contributed by atoms with Crippen molar-refractivity contribution in [3.05, 3.63) is 16.1 Å². The normalized spacial score (nSPS) is 11.3. The van der Waals surface area contributed by atoms with Crippen LogP contribution >= 0.6 is 22.9 Å². The van der Waals surface area contributed by atoms with Crippen molar-refractivity contribution < 1.29 is 4.79 Å². The second kappa shape index (κ2) is 9.32. The van der Waals surface area contributed by atoms with Gasteiger partial charge in [0.15, 0.2) is 0 Å². The molecule has 0 spiro atoms. The molecule has 1 aromatic heterocycles. The molecule has 1 N–H and O–H groups in total. The van der Waals surface area contributed by atoms with Crippen LogP contribution in [0.4, 0.5) is 0 Å². The number of rotatable bonds is 9. The number of nitrogens with zero attached hydrogens (tertiary/aromatic N) is 2. The summed E-state index contributed by atoms with van der Waals surface area (Å²) in [5, 5.41) is 6.07. The first-order valence-electron chi connectivity index (χ1n) is 6.98. The minimum absolute atomic E-state index is 0.0918. The SMILES string of the molecule is CC(C)NC(=O)CN(C)CCCCc1nc(CCl)cs1. The van der Waals surface area contributed by atoms with Gasteiger partial charge in [-0.15, -0.1) is 22.9 Å². The third-order valence-electron chi connectivity index (χ3n) is 2.78. The Balaban J connectivity index is 2.12. The highest BCUT2D eigenvalue weighted by molar-refractivity contribution is 7.09. The highest BCUT2D eigenvalue weighted by Gasteiger charge is 2.07.